The molecule has 0 aliphatic carbocycles. The summed E-state index contributed by atoms with van der Waals surface area (Å²) in [6, 6.07) is 5.34. The lowest BCUT2D eigenvalue weighted by Gasteiger charge is -2.39. The average molecular weight is 462 g/mol. The maximum absolute atomic E-state index is 13.1. The van der Waals surface area contributed by atoms with Crippen LogP contribution in [0.5, 0.6) is 0 Å². The van der Waals surface area contributed by atoms with Crippen LogP contribution in [0, 0.1) is 5.92 Å². The summed E-state index contributed by atoms with van der Waals surface area (Å²) in [7, 11) is 0. The summed E-state index contributed by atoms with van der Waals surface area (Å²) in [6.07, 6.45) is 3.22. The molecule has 2 N–H and O–H groups in total. The van der Waals surface area contributed by atoms with Gasteiger partial charge in [0, 0.05) is 62.5 Å². The van der Waals surface area contributed by atoms with Gasteiger partial charge >= 0.3 is 0 Å². The molecule has 0 bridgehead atoms. The fourth-order valence-corrected chi connectivity index (χ4v) is 5.47. The molecule has 8 nitrogen and oxygen atoms in total. The van der Waals surface area contributed by atoms with Gasteiger partial charge in [-0.15, -0.1) is 12.4 Å². The molecule has 4 aliphatic rings. The zero-order valence-corrected chi connectivity index (χ0v) is 19.2. The Morgan fingerprint density at radius 3 is 2.44 bits per heavy atom. The maximum Gasteiger partial charge on any atom is 0.255 e. The van der Waals surface area contributed by atoms with Gasteiger partial charge in [0.2, 0.25) is 11.8 Å². The number of amides is 3. The summed E-state index contributed by atoms with van der Waals surface area (Å²) in [6.45, 7) is 7.88. The topological polar surface area (TPSA) is 85.0 Å². The van der Waals surface area contributed by atoms with E-state index in [1.165, 1.54) is 19.4 Å². The van der Waals surface area contributed by atoms with Gasteiger partial charge < -0.3 is 15.1 Å². The number of piperidine rings is 2. The highest BCUT2D eigenvalue weighted by Crippen LogP contribution is 2.34. The highest BCUT2D eigenvalue weighted by atomic mass is 35.5. The molecule has 3 fully saturated rings. The second kappa shape index (κ2) is 9.77. The quantitative estimate of drug-likeness (QED) is 0.650. The number of halogens is 1. The predicted molar refractivity (Wildman–Crippen MR) is 124 cm³/mol. The standard InChI is InChI=1S/C23H31N5O3.ClH/c29-21-5-4-20(22(30)25-21)28-15-18-17(23(28)31)2-1-3-19(18)27-12-10-26(11-13-27)14-16-6-8-24-9-7-16;/h1-3,16,20,24H,4-15H2,(H,25,29,30);1H. The molecule has 0 radical (unpaired) electrons. The molecule has 0 saturated carbocycles. The highest BCUT2D eigenvalue weighted by molar-refractivity contribution is 6.06. The van der Waals surface area contributed by atoms with Gasteiger partial charge in [-0.2, -0.15) is 0 Å². The first kappa shape index (κ1) is 23.0. The van der Waals surface area contributed by atoms with Crippen LogP contribution in [-0.4, -0.2) is 79.4 Å². The Kier molecular flexibility index (Phi) is 7.02. The van der Waals surface area contributed by atoms with Gasteiger partial charge in [0.15, 0.2) is 0 Å². The highest BCUT2D eigenvalue weighted by Gasteiger charge is 2.40. The van der Waals surface area contributed by atoms with Gasteiger partial charge in [-0.3, -0.25) is 24.6 Å². The number of rotatable bonds is 4. The third-order valence-electron chi connectivity index (χ3n) is 7.25. The van der Waals surface area contributed by atoms with Crippen molar-refractivity contribution in [1.29, 1.82) is 0 Å². The third kappa shape index (κ3) is 4.49. The molecule has 4 heterocycles. The van der Waals surface area contributed by atoms with Crippen molar-refractivity contribution in [1.82, 2.24) is 20.4 Å². The van der Waals surface area contributed by atoms with Gasteiger partial charge in [0.25, 0.3) is 5.91 Å². The second-order valence-electron chi connectivity index (χ2n) is 9.18. The van der Waals surface area contributed by atoms with Crippen LogP contribution in [0.3, 0.4) is 0 Å². The van der Waals surface area contributed by atoms with E-state index in [1.54, 1.807) is 4.90 Å². The minimum Gasteiger partial charge on any atom is -0.369 e. The summed E-state index contributed by atoms with van der Waals surface area (Å²) < 4.78 is 0. The summed E-state index contributed by atoms with van der Waals surface area (Å²) in [5, 5.41) is 5.82. The second-order valence-corrected chi connectivity index (χ2v) is 9.18. The number of hydrogen-bond acceptors (Lipinski definition) is 6. The Bertz CT molecular complexity index is 880. The predicted octanol–water partition coefficient (Wildman–Crippen LogP) is 0.991. The zero-order chi connectivity index (χ0) is 21.4. The summed E-state index contributed by atoms with van der Waals surface area (Å²) >= 11 is 0. The van der Waals surface area contributed by atoms with Crippen molar-refractivity contribution in [3.63, 3.8) is 0 Å². The van der Waals surface area contributed by atoms with E-state index < -0.39 is 6.04 Å². The van der Waals surface area contributed by atoms with Gasteiger partial charge in [-0.25, -0.2) is 0 Å². The zero-order valence-electron chi connectivity index (χ0n) is 18.3. The van der Waals surface area contributed by atoms with E-state index in [-0.39, 0.29) is 36.5 Å². The fraction of sp³-hybridized carbons (Fsp3) is 0.609. The van der Waals surface area contributed by atoms with E-state index in [2.05, 4.69) is 26.5 Å². The van der Waals surface area contributed by atoms with Crippen LogP contribution in [0.2, 0.25) is 0 Å². The smallest absolute Gasteiger partial charge is 0.255 e. The van der Waals surface area contributed by atoms with E-state index in [0.717, 1.165) is 56.4 Å². The largest absolute Gasteiger partial charge is 0.369 e. The third-order valence-corrected chi connectivity index (χ3v) is 7.25. The number of carbonyl (C=O) groups is 3. The number of hydrogen-bond donors (Lipinski definition) is 2. The molecule has 9 heteroatoms. The first-order valence-electron chi connectivity index (χ1n) is 11.5. The molecule has 0 spiro atoms. The van der Waals surface area contributed by atoms with Crippen molar-refractivity contribution >= 4 is 35.8 Å². The van der Waals surface area contributed by atoms with Gasteiger partial charge in [0.1, 0.15) is 6.04 Å². The van der Waals surface area contributed by atoms with Crippen LogP contribution in [0.25, 0.3) is 0 Å². The number of nitrogens with zero attached hydrogens (tertiary/aromatic N) is 3. The number of piperazine rings is 1. The van der Waals surface area contributed by atoms with E-state index in [4.69, 9.17) is 0 Å². The van der Waals surface area contributed by atoms with Crippen LogP contribution < -0.4 is 15.5 Å². The lowest BCUT2D eigenvalue weighted by Crippen LogP contribution is -2.52. The molecule has 1 aromatic carbocycles. The number of carbonyl (C=O) groups excluding carboxylic acids is 3. The normalized spacial score (nSPS) is 24.9. The fourth-order valence-electron chi connectivity index (χ4n) is 5.47. The molecule has 1 aromatic rings. The SMILES string of the molecule is Cl.O=C1CCC(N2Cc3c(cccc3N3CCN(CC4CCNCC4)CC3)C2=O)C(=O)N1. The Labute approximate surface area is 195 Å². The van der Waals surface area contributed by atoms with Crippen LogP contribution in [-0.2, 0) is 16.1 Å². The van der Waals surface area contributed by atoms with Crippen molar-refractivity contribution in [3.05, 3.63) is 29.3 Å². The first-order chi connectivity index (χ1) is 15.1. The number of fused-ring (bicyclic) bond motifs is 1. The Morgan fingerprint density at radius 1 is 0.969 bits per heavy atom. The molecular formula is C23H32ClN5O3. The van der Waals surface area contributed by atoms with E-state index >= 15 is 0 Å². The van der Waals surface area contributed by atoms with Gasteiger partial charge in [0.05, 0.1) is 0 Å². The lowest BCUT2D eigenvalue weighted by molar-refractivity contribution is -0.136. The molecule has 1 unspecified atom stereocenters. The van der Waals surface area contributed by atoms with Crippen molar-refractivity contribution in [2.24, 2.45) is 5.92 Å². The average Bonchev–Trinajstić information content (AvgIpc) is 3.12. The van der Waals surface area contributed by atoms with E-state index in [1.807, 2.05) is 12.1 Å². The number of benzene rings is 1. The summed E-state index contributed by atoms with van der Waals surface area (Å²) in [5.41, 5.74) is 2.82. The molecule has 0 aromatic heterocycles. The van der Waals surface area contributed by atoms with Crippen molar-refractivity contribution in [3.8, 4) is 0 Å². The molecule has 4 aliphatic heterocycles. The monoisotopic (exact) mass is 461 g/mol. The van der Waals surface area contributed by atoms with Gasteiger partial charge in [-0.1, -0.05) is 6.07 Å². The van der Waals surface area contributed by atoms with E-state index in [9.17, 15) is 14.4 Å². The number of nitrogens with one attached hydrogen (secondary N) is 2. The van der Waals surface area contributed by atoms with Gasteiger partial charge in [-0.05, 0) is 50.4 Å². The molecule has 174 valence electrons. The Morgan fingerprint density at radius 2 is 1.72 bits per heavy atom. The van der Waals surface area contributed by atoms with E-state index in [0.29, 0.717) is 18.5 Å². The Hall–Kier alpha value is -2.16. The molecular weight excluding hydrogens is 430 g/mol. The molecule has 32 heavy (non-hydrogen) atoms. The minimum atomic E-state index is -0.563. The van der Waals surface area contributed by atoms with Crippen LogP contribution in [0.4, 0.5) is 5.69 Å². The molecule has 3 saturated heterocycles. The first-order valence-corrected chi connectivity index (χ1v) is 11.5. The number of imide groups is 1. The summed E-state index contributed by atoms with van der Waals surface area (Å²) in [4.78, 5) is 43.5. The molecule has 5 rings (SSSR count). The molecule has 3 amide bonds. The van der Waals surface area contributed by atoms with Crippen molar-refractivity contribution in [2.75, 3.05) is 50.7 Å². The minimum absolute atomic E-state index is 0. The maximum atomic E-state index is 13.1. The number of anilines is 1. The lowest BCUT2D eigenvalue weighted by atomic mass is 9.97. The van der Waals surface area contributed by atoms with Crippen LogP contribution >= 0.6 is 12.4 Å². The van der Waals surface area contributed by atoms with Crippen molar-refractivity contribution < 1.29 is 14.4 Å². The summed E-state index contributed by atoms with van der Waals surface area (Å²) in [5.74, 6) is 0.0864. The molecule has 1 atom stereocenters. The van der Waals surface area contributed by atoms with Crippen LogP contribution in [0.1, 0.15) is 41.6 Å². The van der Waals surface area contributed by atoms with Crippen LogP contribution in [0.15, 0.2) is 18.2 Å². The van der Waals surface area contributed by atoms with Crippen molar-refractivity contribution in [2.45, 2.75) is 38.3 Å². The Balaban J connectivity index is 0.00000245.